The van der Waals surface area contributed by atoms with Gasteiger partial charge in [0.05, 0.1) is 22.6 Å². The van der Waals surface area contributed by atoms with Crippen LogP contribution in [0.4, 0.5) is 52.7 Å². The van der Waals surface area contributed by atoms with Crippen molar-refractivity contribution >= 4 is 16.7 Å². The Hall–Kier alpha value is -7.04. The molecule has 16 heteroatoms. The second-order valence-electron chi connectivity index (χ2n) is 13.3. The molecule has 3 aliphatic rings. The number of hydrogen-bond donors (Lipinski definition) is 0. The number of nitrogens with zero attached hydrogens (tertiary/aromatic N) is 4. The molecule has 0 aliphatic heterocycles. The van der Waals surface area contributed by atoms with Crippen LogP contribution < -0.4 is 0 Å². The fourth-order valence-electron chi connectivity index (χ4n) is 7.43. The number of nitriles is 4. The molecule has 1 atom stereocenters. The van der Waals surface area contributed by atoms with Crippen molar-refractivity contribution in [3.8, 4) is 57.7 Å². The lowest BCUT2D eigenvalue weighted by Crippen LogP contribution is -2.26. The van der Waals surface area contributed by atoms with E-state index in [1.54, 1.807) is 24.3 Å². The molecule has 0 amide bonds. The summed E-state index contributed by atoms with van der Waals surface area (Å²) in [5.41, 5.74) is -5.12. The van der Waals surface area contributed by atoms with Gasteiger partial charge in [-0.05, 0) is 122 Å². The van der Waals surface area contributed by atoms with Gasteiger partial charge >= 0.3 is 24.7 Å². The molecule has 0 spiro atoms. The van der Waals surface area contributed by atoms with Crippen LogP contribution in [0, 0.1) is 51.2 Å². The van der Waals surface area contributed by atoms with E-state index in [2.05, 4.69) is 0 Å². The zero-order valence-corrected chi connectivity index (χ0v) is 28.6. The topological polar surface area (TPSA) is 95.2 Å². The summed E-state index contributed by atoms with van der Waals surface area (Å²) >= 11 is 0. The number of benzene rings is 4. The van der Waals surface area contributed by atoms with Crippen molar-refractivity contribution in [1.82, 2.24) is 0 Å². The van der Waals surface area contributed by atoms with E-state index in [-0.39, 0.29) is 67.8 Å². The first-order valence-electron chi connectivity index (χ1n) is 16.5. The molecule has 0 radical (unpaired) electrons. The van der Waals surface area contributed by atoms with Crippen LogP contribution in [0.15, 0.2) is 95.6 Å². The summed E-state index contributed by atoms with van der Waals surface area (Å²) in [5.74, 6) is -2.47. The van der Waals surface area contributed by atoms with Crippen LogP contribution in [0.3, 0.4) is 0 Å². The monoisotopic (exact) mass is 804 g/mol. The summed E-state index contributed by atoms with van der Waals surface area (Å²) < 4.78 is 165. The van der Waals surface area contributed by atoms with Crippen LogP contribution in [-0.4, -0.2) is 12.4 Å². The van der Waals surface area contributed by atoms with Gasteiger partial charge in [-0.3, -0.25) is 0 Å². The Labute approximate surface area is 319 Å². The molecule has 1 unspecified atom stereocenters. The van der Waals surface area contributed by atoms with Gasteiger partial charge in [0.1, 0.15) is 35.4 Å². The van der Waals surface area contributed by atoms with E-state index in [1.807, 2.05) is 0 Å². The molecule has 4 aromatic rings. The van der Waals surface area contributed by atoms with Crippen LogP contribution in [0.1, 0.15) is 45.4 Å². The number of rotatable bonds is 2. The molecule has 288 valence electrons. The number of halogens is 12. The number of alkyl halides is 12. The Kier molecular flexibility index (Phi) is 8.98. The lowest BCUT2D eigenvalue weighted by molar-refractivity contribution is -0.161. The molecular formula is C42H16F12N4. The second-order valence-corrected chi connectivity index (χ2v) is 13.3. The summed E-state index contributed by atoms with van der Waals surface area (Å²) in [5, 5.41) is 40.0. The molecular weight excluding hydrogens is 788 g/mol. The minimum Gasteiger partial charge on any atom is -0.192 e. The maximum Gasteiger partial charge on any atom is 0.416 e. The van der Waals surface area contributed by atoms with E-state index in [1.165, 1.54) is 48.5 Å². The molecule has 7 rings (SSSR count). The predicted octanol–water partition coefficient (Wildman–Crippen LogP) is 12.5. The third-order valence-electron chi connectivity index (χ3n) is 9.99. The molecule has 0 bridgehead atoms. The smallest absolute Gasteiger partial charge is 0.192 e. The Bertz CT molecular complexity index is 2730. The van der Waals surface area contributed by atoms with E-state index >= 15 is 0 Å². The molecule has 0 N–H and O–H groups in total. The first-order chi connectivity index (χ1) is 27.1. The highest BCUT2D eigenvalue weighted by atomic mass is 19.4. The van der Waals surface area contributed by atoms with E-state index in [9.17, 15) is 73.7 Å². The Morgan fingerprint density at radius 2 is 0.897 bits per heavy atom. The van der Waals surface area contributed by atoms with Crippen molar-refractivity contribution in [3.05, 3.63) is 135 Å². The van der Waals surface area contributed by atoms with Crippen molar-refractivity contribution < 1.29 is 52.7 Å². The minimum absolute atomic E-state index is 0.0339. The third-order valence-corrected chi connectivity index (χ3v) is 9.99. The van der Waals surface area contributed by atoms with E-state index in [0.717, 1.165) is 0 Å². The molecule has 0 saturated heterocycles. The average molecular weight is 805 g/mol. The highest BCUT2D eigenvalue weighted by Gasteiger charge is 2.45. The summed E-state index contributed by atoms with van der Waals surface area (Å²) in [6.07, 6.45) is -20.6. The predicted molar refractivity (Wildman–Crippen MR) is 184 cm³/mol. The van der Waals surface area contributed by atoms with Crippen molar-refractivity contribution in [2.45, 2.75) is 31.1 Å². The summed E-state index contributed by atoms with van der Waals surface area (Å²) in [6.45, 7) is 0. The Balaban J connectivity index is 1.44. The Morgan fingerprint density at radius 3 is 1.33 bits per heavy atom. The van der Waals surface area contributed by atoms with Crippen LogP contribution in [0.2, 0.25) is 0 Å². The highest BCUT2D eigenvalue weighted by Crippen LogP contribution is 2.55. The lowest BCUT2D eigenvalue weighted by atomic mass is 9.85. The fourth-order valence-corrected chi connectivity index (χ4v) is 7.43. The van der Waals surface area contributed by atoms with Gasteiger partial charge in [-0.25, -0.2) is 0 Å². The van der Waals surface area contributed by atoms with Crippen molar-refractivity contribution in [2.24, 2.45) is 5.92 Å². The Morgan fingerprint density at radius 1 is 0.466 bits per heavy atom. The fraction of sp³-hybridized carbons (Fsp3) is 0.143. The molecule has 0 fully saturated rings. The van der Waals surface area contributed by atoms with Gasteiger partial charge in [0.25, 0.3) is 0 Å². The van der Waals surface area contributed by atoms with Crippen LogP contribution in [0.5, 0.6) is 0 Å². The quantitative estimate of drug-likeness (QED) is 0.129. The molecule has 0 heterocycles. The normalized spacial score (nSPS) is 15.8. The van der Waals surface area contributed by atoms with Crippen LogP contribution >= 0.6 is 0 Å². The van der Waals surface area contributed by atoms with E-state index in [0.29, 0.717) is 34.9 Å². The summed E-state index contributed by atoms with van der Waals surface area (Å²) in [7, 11) is 0. The zero-order chi connectivity index (χ0) is 42.3. The van der Waals surface area contributed by atoms with E-state index in [4.69, 9.17) is 0 Å². The maximum absolute atomic E-state index is 13.8. The highest BCUT2D eigenvalue weighted by molar-refractivity contribution is 6.11. The number of allylic oxidation sites excluding steroid dienone is 6. The van der Waals surface area contributed by atoms with Crippen LogP contribution in [0.25, 0.3) is 50.1 Å². The largest absolute Gasteiger partial charge is 0.416 e. The standard InChI is InChI=1S/C42H16F12N4/c43-39(44,45)25-5-21(6-26(11-25)40(46,47)48)19-1-3-29-31-13-32-30-4-2-20(22-7-27(41(49,50)51)12-28(8-22)42(52,53)54)10-34(30)38(24(17-57)18-58)36(32)14-35(31)37(33(29)9-19)23(15-55)16-56/h1-7,9-14,28H,8H2. The SMILES string of the molecule is N#CC(C#N)=C1c2cc(C3=CC(C(F)(F)F)=CC(C(F)(F)F)C3)ccc2-c2cc3c(cc21)C(=C(C#N)C#N)c1cc(-c2cc(C(F)(F)F)cc(C(F)(F)F)c2)ccc1-3. The van der Waals surface area contributed by atoms with Gasteiger partial charge in [0.15, 0.2) is 0 Å². The molecule has 0 saturated carbocycles. The van der Waals surface area contributed by atoms with Gasteiger partial charge in [-0.2, -0.15) is 73.7 Å². The van der Waals surface area contributed by atoms with Gasteiger partial charge in [0.2, 0.25) is 0 Å². The molecule has 3 aliphatic carbocycles. The number of hydrogen-bond acceptors (Lipinski definition) is 4. The molecule has 0 aromatic heterocycles. The summed E-state index contributed by atoms with van der Waals surface area (Å²) in [4.78, 5) is 0. The van der Waals surface area contributed by atoms with Crippen molar-refractivity contribution in [3.63, 3.8) is 0 Å². The van der Waals surface area contributed by atoms with Gasteiger partial charge in [-0.1, -0.05) is 30.3 Å². The number of fused-ring (bicyclic) bond motifs is 6. The van der Waals surface area contributed by atoms with Gasteiger partial charge in [0, 0.05) is 11.1 Å². The van der Waals surface area contributed by atoms with Crippen molar-refractivity contribution in [2.75, 3.05) is 0 Å². The molecule has 4 aromatic carbocycles. The van der Waals surface area contributed by atoms with Crippen LogP contribution in [-0.2, 0) is 12.4 Å². The summed E-state index contributed by atoms with van der Waals surface area (Å²) in [6, 6.07) is 18.7. The maximum atomic E-state index is 13.8. The van der Waals surface area contributed by atoms with E-state index < -0.39 is 70.5 Å². The van der Waals surface area contributed by atoms with Crippen molar-refractivity contribution in [1.29, 1.82) is 21.0 Å². The first kappa shape index (κ1) is 39.2. The lowest BCUT2D eigenvalue weighted by Gasteiger charge is -2.25. The third kappa shape index (κ3) is 6.57. The molecule has 58 heavy (non-hydrogen) atoms. The van der Waals surface area contributed by atoms with Gasteiger partial charge < -0.3 is 0 Å². The second kappa shape index (κ2) is 13.3. The first-order valence-corrected chi connectivity index (χ1v) is 16.5. The molecule has 4 nitrogen and oxygen atoms in total. The van der Waals surface area contributed by atoms with Gasteiger partial charge in [-0.15, -0.1) is 0 Å². The zero-order valence-electron chi connectivity index (χ0n) is 28.6. The minimum atomic E-state index is -5.15. The average Bonchev–Trinajstić information content (AvgIpc) is 3.64.